The molecule has 0 aliphatic heterocycles. The summed E-state index contributed by atoms with van der Waals surface area (Å²) in [6.07, 6.45) is 3.81. The van der Waals surface area contributed by atoms with Crippen LogP contribution in [0.2, 0.25) is 0 Å². The summed E-state index contributed by atoms with van der Waals surface area (Å²) in [5.74, 6) is 2.60. The fraction of sp³-hybridized carbons (Fsp3) is 0.250. The van der Waals surface area contributed by atoms with Crippen LogP contribution in [0.5, 0.6) is 11.5 Å². The number of ether oxygens (including phenoxy) is 2. The molecule has 6 nitrogen and oxygen atoms in total. The number of benzene rings is 4. The van der Waals surface area contributed by atoms with Gasteiger partial charge in [-0.1, -0.05) is 61.0 Å². The van der Waals surface area contributed by atoms with Gasteiger partial charge < -0.3 is 19.4 Å². The lowest BCUT2D eigenvalue weighted by atomic mass is 10.1. The Morgan fingerprint density at radius 2 is 1.71 bits per heavy atom. The molecule has 0 aliphatic rings. The Kier molecular flexibility index (Phi) is 8.19. The van der Waals surface area contributed by atoms with Crippen LogP contribution in [0.4, 0.5) is 0 Å². The Morgan fingerprint density at radius 3 is 2.63 bits per heavy atom. The van der Waals surface area contributed by atoms with Crippen molar-refractivity contribution in [3.8, 4) is 11.5 Å². The lowest BCUT2D eigenvalue weighted by Crippen LogP contribution is -2.24. The molecule has 5 rings (SSSR count). The number of imidazole rings is 1. The van der Waals surface area contributed by atoms with Gasteiger partial charge in [0.15, 0.2) is 0 Å². The average Bonchev–Trinajstić information content (AvgIpc) is 3.32. The molecule has 0 spiro atoms. The summed E-state index contributed by atoms with van der Waals surface area (Å²) in [6, 6.07) is 29.9. The fourth-order valence-electron chi connectivity index (χ4n) is 4.79. The van der Waals surface area contributed by atoms with Crippen molar-refractivity contribution in [2.45, 2.75) is 32.2 Å². The highest BCUT2D eigenvalue weighted by atomic mass is 16.5. The zero-order valence-electron chi connectivity index (χ0n) is 21.7. The number of amides is 1. The summed E-state index contributed by atoms with van der Waals surface area (Å²) in [7, 11) is 1.60. The fourth-order valence-corrected chi connectivity index (χ4v) is 4.79. The Labute approximate surface area is 223 Å². The number of nitrogens with zero attached hydrogens (tertiary/aromatic N) is 2. The van der Waals surface area contributed by atoms with E-state index in [1.807, 2.05) is 42.5 Å². The molecule has 1 aromatic heterocycles. The molecule has 1 amide bonds. The summed E-state index contributed by atoms with van der Waals surface area (Å²) in [6.45, 7) is 1.94. The summed E-state index contributed by atoms with van der Waals surface area (Å²) >= 11 is 0. The van der Waals surface area contributed by atoms with Crippen molar-refractivity contribution in [1.82, 2.24) is 14.9 Å². The van der Waals surface area contributed by atoms with Gasteiger partial charge in [-0.15, -0.1) is 0 Å². The number of carbonyl (C=O) groups is 1. The van der Waals surface area contributed by atoms with Gasteiger partial charge in [-0.3, -0.25) is 4.79 Å². The topological polar surface area (TPSA) is 65.4 Å². The number of para-hydroxylation sites is 2. The number of hydrogen-bond donors (Lipinski definition) is 1. The van der Waals surface area contributed by atoms with Crippen LogP contribution < -0.4 is 14.8 Å². The predicted octanol–water partition coefficient (Wildman–Crippen LogP) is 6.42. The first kappa shape index (κ1) is 25.3. The van der Waals surface area contributed by atoms with Crippen LogP contribution in [0, 0.1) is 0 Å². The molecule has 0 atom stereocenters. The van der Waals surface area contributed by atoms with Crippen LogP contribution in [0.25, 0.3) is 21.8 Å². The molecular formula is C32H33N3O3. The number of methoxy groups -OCH3 is 1. The van der Waals surface area contributed by atoms with E-state index >= 15 is 0 Å². The van der Waals surface area contributed by atoms with Crippen LogP contribution in [-0.4, -0.2) is 35.7 Å². The predicted molar refractivity (Wildman–Crippen MR) is 152 cm³/mol. The normalized spacial score (nSPS) is 11.1. The quantitative estimate of drug-likeness (QED) is 0.198. The van der Waals surface area contributed by atoms with Gasteiger partial charge in [0.1, 0.15) is 23.9 Å². The average molecular weight is 508 g/mol. The number of aryl methyl sites for hydroxylation is 1. The summed E-state index contributed by atoms with van der Waals surface area (Å²) in [5, 5.41) is 5.31. The van der Waals surface area contributed by atoms with Gasteiger partial charge in [-0.25, -0.2) is 4.98 Å². The van der Waals surface area contributed by atoms with Crippen molar-refractivity contribution in [2.75, 3.05) is 20.3 Å². The first-order chi connectivity index (χ1) is 18.7. The van der Waals surface area contributed by atoms with Gasteiger partial charge >= 0.3 is 0 Å². The first-order valence-corrected chi connectivity index (χ1v) is 13.2. The molecule has 4 aromatic carbocycles. The largest absolute Gasteiger partial charge is 0.497 e. The van der Waals surface area contributed by atoms with Crippen LogP contribution in [-0.2, 0) is 13.0 Å². The molecule has 0 aliphatic carbocycles. The minimum absolute atomic E-state index is 0.0723. The second kappa shape index (κ2) is 12.3. The number of carbonyl (C=O) groups excluding carboxylic acids is 1. The minimum atomic E-state index is -0.0723. The third-order valence-corrected chi connectivity index (χ3v) is 6.75. The lowest BCUT2D eigenvalue weighted by molar-refractivity contribution is 0.0952. The standard InChI is InChI=1S/C32H33N3O3/c1-37-26-14-9-13-25(23-26)32(36)33-20-8-2-3-19-31-34-28-16-6-7-17-29(28)35(31)21-22-38-30-18-10-12-24-11-4-5-15-27(24)30/h4-7,9-18,23H,2-3,8,19-22H2,1H3,(H,33,36). The number of hydrogen-bond acceptors (Lipinski definition) is 4. The van der Waals surface area contributed by atoms with E-state index in [1.54, 1.807) is 19.2 Å². The summed E-state index contributed by atoms with van der Waals surface area (Å²) < 4.78 is 13.7. The Balaban J connectivity index is 1.14. The van der Waals surface area contributed by atoms with Crippen LogP contribution in [0.3, 0.4) is 0 Å². The Hall–Kier alpha value is -4.32. The van der Waals surface area contributed by atoms with E-state index < -0.39 is 0 Å². The second-order valence-corrected chi connectivity index (χ2v) is 9.29. The molecule has 194 valence electrons. The van der Waals surface area contributed by atoms with E-state index in [1.165, 1.54) is 5.39 Å². The van der Waals surface area contributed by atoms with Crippen LogP contribution in [0.1, 0.15) is 35.4 Å². The molecule has 0 saturated heterocycles. The molecule has 0 unspecified atom stereocenters. The highest BCUT2D eigenvalue weighted by Gasteiger charge is 2.11. The van der Waals surface area contributed by atoms with Gasteiger partial charge in [-0.05, 0) is 54.6 Å². The summed E-state index contributed by atoms with van der Waals surface area (Å²) in [5.41, 5.74) is 2.76. The minimum Gasteiger partial charge on any atom is -0.497 e. The highest BCUT2D eigenvalue weighted by Crippen LogP contribution is 2.25. The van der Waals surface area contributed by atoms with E-state index in [9.17, 15) is 4.79 Å². The van der Waals surface area contributed by atoms with Crippen molar-refractivity contribution in [3.05, 3.63) is 102 Å². The zero-order chi connectivity index (χ0) is 26.2. The third kappa shape index (κ3) is 5.97. The van der Waals surface area contributed by atoms with Gasteiger partial charge in [0.05, 0.1) is 24.7 Å². The van der Waals surface area contributed by atoms with E-state index in [4.69, 9.17) is 14.5 Å². The second-order valence-electron chi connectivity index (χ2n) is 9.29. The molecular weight excluding hydrogens is 474 g/mol. The number of nitrogens with one attached hydrogen (secondary N) is 1. The van der Waals surface area contributed by atoms with Crippen LogP contribution >= 0.6 is 0 Å². The lowest BCUT2D eigenvalue weighted by Gasteiger charge is -2.12. The van der Waals surface area contributed by atoms with E-state index in [2.05, 4.69) is 46.3 Å². The van der Waals surface area contributed by atoms with E-state index in [-0.39, 0.29) is 5.91 Å². The maximum atomic E-state index is 12.4. The monoisotopic (exact) mass is 507 g/mol. The molecule has 1 heterocycles. The summed E-state index contributed by atoms with van der Waals surface area (Å²) in [4.78, 5) is 17.3. The number of rotatable bonds is 12. The third-order valence-electron chi connectivity index (χ3n) is 6.75. The van der Waals surface area contributed by atoms with Gasteiger partial charge in [-0.2, -0.15) is 0 Å². The van der Waals surface area contributed by atoms with Crippen molar-refractivity contribution in [1.29, 1.82) is 0 Å². The maximum Gasteiger partial charge on any atom is 0.251 e. The Morgan fingerprint density at radius 1 is 0.895 bits per heavy atom. The van der Waals surface area contributed by atoms with Gasteiger partial charge in [0.2, 0.25) is 0 Å². The molecule has 0 saturated carbocycles. The Bertz CT molecular complexity index is 1520. The van der Waals surface area contributed by atoms with Crippen LogP contribution in [0.15, 0.2) is 91.0 Å². The molecule has 0 bridgehead atoms. The molecule has 6 heteroatoms. The number of unbranched alkanes of at least 4 members (excludes halogenated alkanes) is 2. The van der Waals surface area contributed by atoms with Crippen molar-refractivity contribution in [3.63, 3.8) is 0 Å². The van der Waals surface area contributed by atoms with E-state index in [0.717, 1.165) is 60.2 Å². The van der Waals surface area contributed by atoms with E-state index in [0.29, 0.717) is 24.5 Å². The van der Waals surface area contributed by atoms with Crippen molar-refractivity contribution in [2.24, 2.45) is 0 Å². The highest BCUT2D eigenvalue weighted by molar-refractivity contribution is 5.94. The molecule has 38 heavy (non-hydrogen) atoms. The number of fused-ring (bicyclic) bond motifs is 2. The van der Waals surface area contributed by atoms with Gasteiger partial charge in [0.25, 0.3) is 5.91 Å². The van der Waals surface area contributed by atoms with Crippen molar-refractivity contribution >= 4 is 27.7 Å². The number of aromatic nitrogens is 2. The molecule has 5 aromatic rings. The maximum absolute atomic E-state index is 12.4. The first-order valence-electron chi connectivity index (χ1n) is 13.2. The zero-order valence-corrected chi connectivity index (χ0v) is 21.7. The smallest absolute Gasteiger partial charge is 0.251 e. The van der Waals surface area contributed by atoms with Crippen molar-refractivity contribution < 1.29 is 14.3 Å². The molecule has 0 fully saturated rings. The SMILES string of the molecule is COc1cccc(C(=O)NCCCCCc2nc3ccccc3n2CCOc2cccc3ccccc23)c1. The van der Waals surface area contributed by atoms with Gasteiger partial charge in [0, 0.05) is 23.9 Å². The molecule has 0 radical (unpaired) electrons. The molecule has 1 N–H and O–H groups in total.